The Labute approximate surface area is 416 Å². The minimum Gasteiger partial charge on any atom is -0.507 e. The highest BCUT2D eigenvalue weighted by Crippen LogP contribution is 2.48. The summed E-state index contributed by atoms with van der Waals surface area (Å²) in [5, 5.41) is 47.7. The molecule has 0 saturated heterocycles. The standard InChI is InChI=1S/C53H38Cl2N4O13/c1-4-56-25-6-11-31-40(18-25)71-41-19-26(59(2)3)7-12-32(41)44(31)45-37(54)21-35(47(55)46(45)53(68)69)49(62)57-22-28-9-16-39(70-28)50(63)58-23-36-38(61)15-14-33-43(30-13-8-27(60)20-42(30)72-48(33)36)29-10-5-24(51(64)65)17-34(29)52(66)67/h5-21,61H,4,22-23H2,1-3H3,(H,57,62)(H,58,63)(H,64,65)(H,66,67)(H,68,69). The average molecular weight is 1010 g/mol. The number of halogens is 2. The summed E-state index contributed by atoms with van der Waals surface area (Å²) < 4.78 is 18.3. The number of anilines is 1. The molecule has 0 radical (unpaired) electrons. The van der Waals surface area contributed by atoms with Gasteiger partial charge in [0.1, 0.15) is 34.2 Å². The van der Waals surface area contributed by atoms with E-state index in [2.05, 4.69) is 15.6 Å². The van der Waals surface area contributed by atoms with Crippen LogP contribution >= 0.6 is 23.2 Å². The molecular formula is C53H38Cl2N4O13. The van der Waals surface area contributed by atoms with Crippen LogP contribution in [0.5, 0.6) is 5.75 Å². The third kappa shape index (κ3) is 8.82. The van der Waals surface area contributed by atoms with E-state index in [1.807, 2.05) is 38.1 Å². The second kappa shape index (κ2) is 19.1. The topological polar surface area (TPSA) is 262 Å². The van der Waals surface area contributed by atoms with Gasteiger partial charge in [-0.15, -0.1) is 0 Å². The van der Waals surface area contributed by atoms with E-state index in [4.69, 9.17) is 36.5 Å². The molecule has 4 aromatic carbocycles. The fraction of sp³-hybridized carbons (Fsp3) is 0.113. The number of carbonyl (C=O) groups is 5. The number of aromatic carboxylic acids is 3. The van der Waals surface area contributed by atoms with Crippen molar-refractivity contribution in [3.63, 3.8) is 0 Å². The summed E-state index contributed by atoms with van der Waals surface area (Å²) >= 11 is 13.8. The van der Waals surface area contributed by atoms with E-state index in [0.29, 0.717) is 45.3 Å². The third-order valence-corrected chi connectivity index (χ3v) is 12.6. The summed E-state index contributed by atoms with van der Waals surface area (Å²) in [6.07, 6.45) is 0. The predicted molar refractivity (Wildman–Crippen MR) is 267 cm³/mol. The van der Waals surface area contributed by atoms with E-state index >= 15 is 0 Å². The largest absolute Gasteiger partial charge is 0.507 e. The van der Waals surface area contributed by atoms with E-state index in [-0.39, 0.29) is 96.1 Å². The molecule has 6 N–H and O–H groups in total. The van der Waals surface area contributed by atoms with Gasteiger partial charge in [0.2, 0.25) is 0 Å². The Morgan fingerprint density at radius 3 is 2.08 bits per heavy atom. The fourth-order valence-corrected chi connectivity index (χ4v) is 9.17. The molecule has 362 valence electrons. The Hall–Kier alpha value is -8.93. The Morgan fingerprint density at radius 1 is 0.653 bits per heavy atom. The van der Waals surface area contributed by atoms with Gasteiger partial charge in [-0.2, -0.15) is 0 Å². The van der Waals surface area contributed by atoms with Crippen LogP contribution in [0.25, 0.3) is 66.8 Å². The van der Waals surface area contributed by atoms with E-state index in [1.165, 1.54) is 60.7 Å². The van der Waals surface area contributed by atoms with Crippen molar-refractivity contribution < 1.29 is 57.7 Å². The normalized spacial score (nSPS) is 11.7. The quantitative estimate of drug-likeness (QED) is 0.0588. The summed E-state index contributed by atoms with van der Waals surface area (Å²) in [6.45, 7) is 1.75. The van der Waals surface area contributed by atoms with Crippen LogP contribution in [-0.4, -0.2) is 70.8 Å². The molecule has 0 atom stereocenters. The summed E-state index contributed by atoms with van der Waals surface area (Å²) in [5.74, 6) is -5.78. The molecule has 19 heteroatoms. The number of carboxylic acids is 3. The van der Waals surface area contributed by atoms with Crippen LogP contribution in [0, 0.1) is 0 Å². The number of carbonyl (C=O) groups excluding carboxylic acids is 2. The molecule has 1 aromatic heterocycles. The number of hydrogen-bond donors (Lipinski definition) is 6. The number of aromatic hydroxyl groups is 1. The van der Waals surface area contributed by atoms with E-state index in [9.17, 15) is 49.2 Å². The lowest BCUT2D eigenvalue weighted by molar-refractivity contribution is 0.0682. The van der Waals surface area contributed by atoms with Gasteiger partial charge in [-0.3, -0.25) is 19.4 Å². The highest BCUT2D eigenvalue weighted by Gasteiger charge is 2.30. The van der Waals surface area contributed by atoms with Crippen LogP contribution in [-0.2, 0) is 13.1 Å². The van der Waals surface area contributed by atoms with Crippen LogP contribution < -0.4 is 26.3 Å². The van der Waals surface area contributed by atoms with Crippen molar-refractivity contribution in [1.29, 1.82) is 0 Å². The van der Waals surface area contributed by atoms with Crippen molar-refractivity contribution in [2.24, 2.45) is 4.99 Å². The van der Waals surface area contributed by atoms with Gasteiger partial charge < -0.3 is 49.2 Å². The summed E-state index contributed by atoms with van der Waals surface area (Å²) in [4.78, 5) is 83.5. The van der Waals surface area contributed by atoms with Gasteiger partial charge in [-0.1, -0.05) is 29.3 Å². The smallest absolute Gasteiger partial charge is 0.337 e. The molecule has 72 heavy (non-hydrogen) atoms. The lowest BCUT2D eigenvalue weighted by Gasteiger charge is -2.21. The summed E-state index contributed by atoms with van der Waals surface area (Å²) in [6, 6.07) is 25.0. The van der Waals surface area contributed by atoms with Crippen molar-refractivity contribution >= 4 is 80.6 Å². The number of furan rings is 1. The molecule has 2 amide bonds. The molecule has 0 saturated carbocycles. The van der Waals surface area contributed by atoms with Gasteiger partial charge >= 0.3 is 17.9 Å². The lowest BCUT2D eigenvalue weighted by Crippen LogP contribution is -2.24. The van der Waals surface area contributed by atoms with Crippen molar-refractivity contribution in [2.75, 3.05) is 25.5 Å². The maximum atomic E-state index is 13.8. The lowest BCUT2D eigenvalue weighted by atomic mass is 9.89. The van der Waals surface area contributed by atoms with Crippen LogP contribution in [0.4, 0.5) is 5.69 Å². The van der Waals surface area contributed by atoms with Gasteiger partial charge in [0.05, 0.1) is 56.3 Å². The van der Waals surface area contributed by atoms with E-state index in [1.54, 1.807) is 24.3 Å². The zero-order valence-electron chi connectivity index (χ0n) is 38.0. The van der Waals surface area contributed by atoms with Gasteiger partial charge in [-0.25, -0.2) is 14.4 Å². The Kier molecular flexibility index (Phi) is 12.8. The van der Waals surface area contributed by atoms with Crippen molar-refractivity contribution in [3.05, 3.63) is 168 Å². The van der Waals surface area contributed by atoms with Crippen molar-refractivity contribution in [3.8, 4) is 50.7 Å². The molecular weight excluding hydrogens is 972 g/mol. The molecule has 9 rings (SSSR count). The highest BCUT2D eigenvalue weighted by molar-refractivity contribution is 6.41. The van der Waals surface area contributed by atoms with Gasteiger partial charge in [0.15, 0.2) is 11.2 Å². The Balaban J connectivity index is 0.987. The third-order valence-electron chi connectivity index (χ3n) is 11.9. The summed E-state index contributed by atoms with van der Waals surface area (Å²) in [5.41, 5.74) is 1.21. The zero-order valence-corrected chi connectivity index (χ0v) is 39.6. The molecule has 0 fully saturated rings. The Bertz CT molecular complexity index is 3830. The maximum absolute atomic E-state index is 13.8. The van der Waals surface area contributed by atoms with Gasteiger partial charge in [0, 0.05) is 83.1 Å². The first-order valence-electron chi connectivity index (χ1n) is 21.9. The number of hydrogen-bond acceptors (Lipinski definition) is 12. The maximum Gasteiger partial charge on any atom is 0.337 e. The van der Waals surface area contributed by atoms with E-state index in [0.717, 1.165) is 11.8 Å². The van der Waals surface area contributed by atoms with Crippen LogP contribution in [0.1, 0.15) is 70.2 Å². The first-order valence-corrected chi connectivity index (χ1v) is 22.6. The minimum atomic E-state index is -1.45. The van der Waals surface area contributed by atoms with Gasteiger partial charge in [0.25, 0.3) is 11.8 Å². The number of rotatable bonds is 13. The first-order chi connectivity index (χ1) is 34.4. The van der Waals surface area contributed by atoms with Crippen LogP contribution in [0.3, 0.4) is 0 Å². The zero-order chi connectivity index (χ0) is 51.3. The van der Waals surface area contributed by atoms with E-state index < -0.39 is 40.7 Å². The first kappa shape index (κ1) is 48.1. The number of phenolic OH excluding ortho intramolecular Hbond substituents is 1. The predicted octanol–water partition coefficient (Wildman–Crippen LogP) is 9.63. The average Bonchev–Trinajstić information content (AvgIpc) is 3.83. The van der Waals surface area contributed by atoms with Crippen molar-refractivity contribution in [2.45, 2.75) is 20.0 Å². The number of nitrogens with one attached hydrogen (secondary N) is 2. The molecule has 2 aliphatic carbocycles. The van der Waals surface area contributed by atoms with Crippen LogP contribution in [0.15, 0.2) is 126 Å². The SMILES string of the molecule is CCN=c1ccc2c(-c3c(Cl)cc(C(=O)NCc4ccc(C(=O)NCc5c(O)ccc6c(-c7ccc(C(=O)O)cc7C(=O)O)c7ccc(=O)cc-7oc56)o4)c(Cl)c3C(=O)O)c3ccc(N(C)C)cc3oc-2c1. The second-order valence-corrected chi connectivity index (χ2v) is 17.3. The fourth-order valence-electron chi connectivity index (χ4n) is 8.56. The molecule has 2 aliphatic heterocycles. The molecule has 5 aromatic rings. The van der Waals surface area contributed by atoms with Gasteiger partial charge in [-0.05, 0) is 91.3 Å². The Morgan fingerprint density at radius 2 is 1.36 bits per heavy atom. The number of benzene rings is 6. The molecule has 3 heterocycles. The molecule has 0 bridgehead atoms. The molecule has 0 spiro atoms. The second-order valence-electron chi connectivity index (χ2n) is 16.6. The van der Waals surface area contributed by atoms with Crippen LogP contribution in [0.2, 0.25) is 10.0 Å². The number of phenols is 1. The minimum absolute atomic E-state index is 0.0142. The number of fused-ring (bicyclic) bond motifs is 4. The number of carboxylic acid groups (broad SMARTS) is 3. The summed E-state index contributed by atoms with van der Waals surface area (Å²) in [7, 11) is 3.74. The highest BCUT2D eigenvalue weighted by atomic mass is 35.5. The monoisotopic (exact) mass is 1010 g/mol. The van der Waals surface area contributed by atoms with Crippen molar-refractivity contribution in [1.82, 2.24) is 10.6 Å². The molecule has 4 aliphatic rings. The molecule has 17 nitrogen and oxygen atoms in total. The number of nitrogens with zero attached hydrogens (tertiary/aromatic N) is 2. The number of amides is 2. The molecule has 0 unspecified atom stereocenters.